The Labute approximate surface area is 129 Å². The minimum absolute atomic E-state index is 0.101. The van der Waals surface area contributed by atoms with Gasteiger partial charge in [-0.05, 0) is 42.3 Å². The van der Waals surface area contributed by atoms with Crippen molar-refractivity contribution in [2.75, 3.05) is 25.3 Å². The first-order chi connectivity index (χ1) is 10.6. The van der Waals surface area contributed by atoms with E-state index in [0.29, 0.717) is 24.3 Å². The number of benzene rings is 1. The number of nitrogens with two attached hydrogens (primary N) is 1. The van der Waals surface area contributed by atoms with Crippen molar-refractivity contribution < 1.29 is 14.3 Å². The Bertz CT molecular complexity index is 642. The van der Waals surface area contributed by atoms with Crippen molar-refractivity contribution in [2.24, 2.45) is 0 Å². The molecule has 0 saturated carbocycles. The van der Waals surface area contributed by atoms with Gasteiger partial charge in [-0.2, -0.15) is 0 Å². The number of pyridine rings is 1. The van der Waals surface area contributed by atoms with Gasteiger partial charge in [-0.1, -0.05) is 0 Å². The number of nitrogens with one attached hydrogen (secondary N) is 1. The van der Waals surface area contributed by atoms with Gasteiger partial charge >= 0.3 is 0 Å². The van der Waals surface area contributed by atoms with Crippen molar-refractivity contribution in [1.29, 1.82) is 0 Å². The van der Waals surface area contributed by atoms with Gasteiger partial charge in [0.1, 0.15) is 17.3 Å². The summed E-state index contributed by atoms with van der Waals surface area (Å²) in [5, 5.41) is 2.78. The Kier molecular flexibility index (Phi) is 5.19. The molecule has 0 aliphatic heterocycles. The largest absolute Gasteiger partial charge is 0.497 e. The van der Waals surface area contributed by atoms with Crippen LogP contribution >= 0.6 is 0 Å². The predicted molar refractivity (Wildman–Crippen MR) is 85.1 cm³/mol. The molecule has 22 heavy (non-hydrogen) atoms. The zero-order valence-corrected chi connectivity index (χ0v) is 12.6. The average molecular weight is 301 g/mol. The highest BCUT2D eigenvalue weighted by atomic mass is 16.5. The van der Waals surface area contributed by atoms with Crippen LogP contribution < -0.4 is 20.5 Å². The normalized spacial score (nSPS) is 10.1. The highest BCUT2D eigenvalue weighted by Crippen LogP contribution is 2.25. The fraction of sp³-hybridized carbons (Fsp3) is 0.250. The van der Waals surface area contributed by atoms with Gasteiger partial charge in [0, 0.05) is 6.42 Å². The molecular formula is C16H19N3O3. The zero-order chi connectivity index (χ0) is 15.9. The van der Waals surface area contributed by atoms with Gasteiger partial charge < -0.3 is 20.5 Å². The summed E-state index contributed by atoms with van der Waals surface area (Å²) in [7, 11) is 3.21. The molecule has 1 aromatic heterocycles. The van der Waals surface area contributed by atoms with Crippen LogP contribution in [0, 0.1) is 0 Å². The van der Waals surface area contributed by atoms with Crippen LogP contribution in [0.15, 0.2) is 36.5 Å². The topological polar surface area (TPSA) is 86.5 Å². The molecule has 3 N–H and O–H groups in total. The molecule has 0 saturated heterocycles. The number of aromatic nitrogens is 1. The second-order valence-corrected chi connectivity index (χ2v) is 4.70. The van der Waals surface area contributed by atoms with E-state index in [9.17, 15) is 4.79 Å². The number of anilines is 2. The maximum Gasteiger partial charge on any atom is 0.224 e. The van der Waals surface area contributed by atoms with Gasteiger partial charge in [-0.15, -0.1) is 0 Å². The molecule has 6 nitrogen and oxygen atoms in total. The zero-order valence-electron chi connectivity index (χ0n) is 12.6. The molecule has 0 aliphatic carbocycles. The van der Waals surface area contributed by atoms with E-state index >= 15 is 0 Å². The number of carbonyl (C=O) groups is 1. The maximum absolute atomic E-state index is 12.0. The van der Waals surface area contributed by atoms with Crippen LogP contribution in [0.1, 0.15) is 12.0 Å². The molecule has 0 unspecified atom stereocenters. The number of hydrogen-bond donors (Lipinski definition) is 2. The van der Waals surface area contributed by atoms with E-state index in [-0.39, 0.29) is 5.91 Å². The van der Waals surface area contributed by atoms with E-state index in [1.54, 1.807) is 26.4 Å². The summed E-state index contributed by atoms with van der Waals surface area (Å²) >= 11 is 0. The van der Waals surface area contributed by atoms with Crippen LogP contribution in [0.2, 0.25) is 0 Å². The standard InChI is InChI=1S/C16H19N3O3/c1-21-13-5-6-14(22-2)11(9-13)3-8-16(20)19-12-4-7-15(17)18-10-12/h4-7,9-10H,3,8H2,1-2H3,(H2,17,18)(H,19,20). The van der Waals surface area contributed by atoms with E-state index in [1.165, 1.54) is 6.20 Å². The molecule has 0 spiro atoms. The smallest absolute Gasteiger partial charge is 0.224 e. The Morgan fingerprint density at radius 2 is 2.05 bits per heavy atom. The third-order valence-corrected chi connectivity index (χ3v) is 3.18. The average Bonchev–Trinajstić information content (AvgIpc) is 2.54. The number of nitrogen functional groups attached to an aromatic ring is 1. The minimum atomic E-state index is -0.101. The van der Waals surface area contributed by atoms with Crippen molar-refractivity contribution >= 4 is 17.4 Å². The summed E-state index contributed by atoms with van der Waals surface area (Å²) in [6.45, 7) is 0. The second kappa shape index (κ2) is 7.31. The van der Waals surface area contributed by atoms with Gasteiger partial charge in [-0.3, -0.25) is 4.79 Å². The van der Waals surface area contributed by atoms with Gasteiger partial charge in [0.25, 0.3) is 0 Å². The van der Waals surface area contributed by atoms with E-state index < -0.39 is 0 Å². The summed E-state index contributed by atoms with van der Waals surface area (Å²) in [4.78, 5) is 15.9. The van der Waals surface area contributed by atoms with E-state index in [1.807, 2.05) is 18.2 Å². The van der Waals surface area contributed by atoms with Gasteiger partial charge in [0.05, 0.1) is 26.1 Å². The Morgan fingerprint density at radius 3 is 2.68 bits per heavy atom. The highest BCUT2D eigenvalue weighted by Gasteiger charge is 2.09. The van der Waals surface area contributed by atoms with E-state index in [0.717, 1.165) is 17.1 Å². The van der Waals surface area contributed by atoms with Crippen molar-refractivity contribution in [3.63, 3.8) is 0 Å². The van der Waals surface area contributed by atoms with Gasteiger partial charge in [0.2, 0.25) is 5.91 Å². The van der Waals surface area contributed by atoms with E-state index in [4.69, 9.17) is 15.2 Å². The number of carbonyl (C=O) groups excluding carboxylic acids is 1. The Morgan fingerprint density at radius 1 is 1.23 bits per heavy atom. The van der Waals surface area contributed by atoms with Crippen LogP contribution in [0.25, 0.3) is 0 Å². The highest BCUT2D eigenvalue weighted by molar-refractivity contribution is 5.90. The molecule has 6 heteroatoms. The number of nitrogens with zero attached hydrogens (tertiary/aromatic N) is 1. The number of rotatable bonds is 6. The van der Waals surface area contributed by atoms with Gasteiger partial charge in [0.15, 0.2) is 0 Å². The minimum Gasteiger partial charge on any atom is -0.497 e. The number of methoxy groups -OCH3 is 2. The summed E-state index contributed by atoms with van der Waals surface area (Å²) < 4.78 is 10.5. The number of hydrogen-bond acceptors (Lipinski definition) is 5. The van der Waals surface area contributed by atoms with Crippen LogP contribution in [-0.2, 0) is 11.2 Å². The quantitative estimate of drug-likeness (QED) is 0.854. The lowest BCUT2D eigenvalue weighted by molar-refractivity contribution is -0.116. The fourth-order valence-corrected chi connectivity index (χ4v) is 2.03. The Balaban J connectivity index is 1.97. The summed E-state index contributed by atoms with van der Waals surface area (Å²) in [5.74, 6) is 1.79. The van der Waals surface area contributed by atoms with Crippen LogP contribution in [0.3, 0.4) is 0 Å². The molecule has 0 bridgehead atoms. The monoisotopic (exact) mass is 301 g/mol. The summed E-state index contributed by atoms with van der Waals surface area (Å²) in [6.07, 6.45) is 2.40. The molecule has 1 aromatic carbocycles. The lowest BCUT2D eigenvalue weighted by Gasteiger charge is -2.10. The lowest BCUT2D eigenvalue weighted by Crippen LogP contribution is -2.13. The molecule has 2 aromatic rings. The molecule has 2 rings (SSSR count). The molecule has 0 atom stereocenters. The lowest BCUT2D eigenvalue weighted by atomic mass is 10.1. The first-order valence-electron chi connectivity index (χ1n) is 6.84. The molecule has 0 fully saturated rings. The third-order valence-electron chi connectivity index (χ3n) is 3.18. The van der Waals surface area contributed by atoms with Crippen molar-refractivity contribution in [2.45, 2.75) is 12.8 Å². The molecular weight excluding hydrogens is 282 g/mol. The van der Waals surface area contributed by atoms with Crippen LogP contribution in [0.5, 0.6) is 11.5 Å². The van der Waals surface area contributed by atoms with E-state index in [2.05, 4.69) is 10.3 Å². The summed E-state index contributed by atoms with van der Waals surface area (Å²) in [5.41, 5.74) is 7.05. The SMILES string of the molecule is COc1ccc(OC)c(CCC(=O)Nc2ccc(N)nc2)c1. The molecule has 116 valence electrons. The van der Waals surface area contributed by atoms with Crippen LogP contribution in [0.4, 0.5) is 11.5 Å². The Hall–Kier alpha value is -2.76. The summed E-state index contributed by atoms with van der Waals surface area (Å²) in [6, 6.07) is 8.88. The maximum atomic E-state index is 12.0. The van der Waals surface area contributed by atoms with Crippen molar-refractivity contribution in [3.8, 4) is 11.5 Å². The van der Waals surface area contributed by atoms with Crippen LogP contribution in [-0.4, -0.2) is 25.1 Å². The first kappa shape index (κ1) is 15.6. The van der Waals surface area contributed by atoms with Gasteiger partial charge in [-0.25, -0.2) is 4.98 Å². The number of aryl methyl sites for hydroxylation is 1. The predicted octanol–water partition coefficient (Wildman–Crippen LogP) is 2.25. The molecule has 0 radical (unpaired) electrons. The van der Waals surface area contributed by atoms with Crippen molar-refractivity contribution in [3.05, 3.63) is 42.1 Å². The fourth-order valence-electron chi connectivity index (χ4n) is 2.03. The second-order valence-electron chi connectivity index (χ2n) is 4.70. The molecule has 1 heterocycles. The first-order valence-corrected chi connectivity index (χ1v) is 6.84. The number of ether oxygens (including phenoxy) is 2. The molecule has 1 amide bonds. The molecule has 0 aliphatic rings. The number of amides is 1. The van der Waals surface area contributed by atoms with Crippen molar-refractivity contribution in [1.82, 2.24) is 4.98 Å². The third kappa shape index (κ3) is 4.12.